The van der Waals surface area contributed by atoms with Crippen molar-refractivity contribution in [3.63, 3.8) is 0 Å². The summed E-state index contributed by atoms with van der Waals surface area (Å²) in [5.41, 5.74) is 0. The number of rotatable bonds is 3. The molecule has 0 radical (unpaired) electrons. The lowest BCUT2D eigenvalue weighted by molar-refractivity contribution is 0.0820. The highest BCUT2D eigenvalue weighted by Gasteiger charge is 2.32. The topological polar surface area (TPSA) is 71.5 Å². The van der Waals surface area contributed by atoms with E-state index in [2.05, 4.69) is 26.2 Å². The third-order valence-corrected chi connectivity index (χ3v) is 3.29. The molecule has 1 aliphatic carbocycles. The van der Waals surface area contributed by atoms with Gasteiger partial charge in [0.1, 0.15) is 6.10 Å². The van der Waals surface area contributed by atoms with Crippen LogP contribution in [0.2, 0.25) is 0 Å². The van der Waals surface area contributed by atoms with Gasteiger partial charge >= 0.3 is 6.09 Å². The number of hydrogen-bond acceptors (Lipinski definition) is 3. The molecule has 0 aromatic carbocycles. The maximum Gasteiger partial charge on any atom is 0.404 e. The van der Waals surface area contributed by atoms with Gasteiger partial charge in [-0.2, -0.15) is 0 Å². The predicted octanol–water partition coefficient (Wildman–Crippen LogP) is 2.16. The molecular formula is C10H10BrFN2O3. The molecule has 1 heterocycles. The molecule has 0 unspecified atom stereocenters. The first-order valence-electron chi connectivity index (χ1n) is 5.01. The molecule has 92 valence electrons. The highest BCUT2D eigenvalue weighted by Crippen LogP contribution is 2.31. The zero-order valence-electron chi connectivity index (χ0n) is 8.69. The quantitative estimate of drug-likeness (QED) is 0.897. The Bertz CT molecular complexity index is 438. The number of amides is 1. The first-order valence-corrected chi connectivity index (χ1v) is 5.80. The zero-order chi connectivity index (χ0) is 12.4. The second kappa shape index (κ2) is 4.87. The molecule has 2 N–H and O–H groups in total. The van der Waals surface area contributed by atoms with Crippen molar-refractivity contribution in [1.29, 1.82) is 0 Å². The number of hydrogen-bond donors (Lipinski definition) is 2. The van der Waals surface area contributed by atoms with Gasteiger partial charge in [-0.1, -0.05) is 0 Å². The van der Waals surface area contributed by atoms with Gasteiger partial charge in [-0.3, -0.25) is 4.98 Å². The number of pyridine rings is 1. The molecule has 0 spiro atoms. The van der Waals surface area contributed by atoms with E-state index in [4.69, 9.17) is 9.84 Å². The Morgan fingerprint density at radius 2 is 2.29 bits per heavy atom. The average Bonchev–Trinajstić information content (AvgIpc) is 2.20. The second-order valence-electron chi connectivity index (χ2n) is 3.79. The molecule has 0 aliphatic heterocycles. The van der Waals surface area contributed by atoms with Gasteiger partial charge < -0.3 is 15.2 Å². The van der Waals surface area contributed by atoms with Crippen molar-refractivity contribution < 1.29 is 19.0 Å². The smallest absolute Gasteiger partial charge is 0.404 e. The molecule has 0 atom stereocenters. The second-order valence-corrected chi connectivity index (χ2v) is 4.58. The van der Waals surface area contributed by atoms with Gasteiger partial charge in [0.25, 0.3) is 0 Å². The van der Waals surface area contributed by atoms with E-state index < -0.39 is 11.9 Å². The SMILES string of the molecule is O=C(O)NC1CC(Oc2cncc(F)c2Br)C1. The minimum atomic E-state index is -1.04. The molecule has 1 fully saturated rings. The maximum atomic E-state index is 13.1. The fourth-order valence-electron chi connectivity index (χ4n) is 1.62. The van der Waals surface area contributed by atoms with Crippen molar-refractivity contribution in [3.05, 3.63) is 22.7 Å². The predicted molar refractivity (Wildman–Crippen MR) is 60.5 cm³/mol. The van der Waals surface area contributed by atoms with Crippen molar-refractivity contribution in [3.8, 4) is 5.75 Å². The summed E-state index contributed by atoms with van der Waals surface area (Å²) in [4.78, 5) is 14.0. The molecule has 17 heavy (non-hydrogen) atoms. The number of nitrogens with one attached hydrogen (secondary N) is 1. The Labute approximate surface area is 105 Å². The Morgan fingerprint density at radius 1 is 1.59 bits per heavy atom. The monoisotopic (exact) mass is 304 g/mol. The fraction of sp³-hybridized carbons (Fsp3) is 0.400. The lowest BCUT2D eigenvalue weighted by Crippen LogP contribution is -2.48. The number of halogens is 2. The normalized spacial score (nSPS) is 22.7. The van der Waals surface area contributed by atoms with E-state index in [0.717, 1.165) is 6.20 Å². The number of nitrogens with zero attached hydrogens (tertiary/aromatic N) is 1. The van der Waals surface area contributed by atoms with Gasteiger partial charge in [0, 0.05) is 18.9 Å². The van der Waals surface area contributed by atoms with Crippen molar-refractivity contribution in [2.24, 2.45) is 0 Å². The number of carboxylic acid groups (broad SMARTS) is 1. The fourth-order valence-corrected chi connectivity index (χ4v) is 1.92. The maximum absolute atomic E-state index is 13.1. The molecule has 5 nitrogen and oxygen atoms in total. The van der Waals surface area contributed by atoms with Crippen LogP contribution < -0.4 is 10.1 Å². The summed E-state index contributed by atoms with van der Waals surface area (Å²) in [7, 11) is 0. The highest BCUT2D eigenvalue weighted by molar-refractivity contribution is 9.10. The zero-order valence-corrected chi connectivity index (χ0v) is 10.3. The van der Waals surface area contributed by atoms with Crippen LogP contribution in [-0.2, 0) is 0 Å². The van der Waals surface area contributed by atoms with E-state index >= 15 is 0 Å². The van der Waals surface area contributed by atoms with Gasteiger partial charge in [-0.15, -0.1) is 0 Å². The summed E-state index contributed by atoms with van der Waals surface area (Å²) in [6.45, 7) is 0. The van der Waals surface area contributed by atoms with Gasteiger partial charge in [0.15, 0.2) is 11.6 Å². The van der Waals surface area contributed by atoms with E-state index in [9.17, 15) is 9.18 Å². The lowest BCUT2D eigenvalue weighted by Gasteiger charge is -2.35. The van der Waals surface area contributed by atoms with Crippen LogP contribution in [0.25, 0.3) is 0 Å². The summed E-state index contributed by atoms with van der Waals surface area (Å²) >= 11 is 3.07. The van der Waals surface area contributed by atoms with E-state index in [0.29, 0.717) is 18.6 Å². The van der Waals surface area contributed by atoms with E-state index in [-0.39, 0.29) is 16.6 Å². The van der Waals surface area contributed by atoms with Crippen LogP contribution in [0.4, 0.5) is 9.18 Å². The molecule has 1 saturated carbocycles. The Kier molecular flexibility index (Phi) is 3.46. The van der Waals surface area contributed by atoms with Crippen LogP contribution in [-0.4, -0.2) is 28.3 Å². The largest absolute Gasteiger partial charge is 0.487 e. The van der Waals surface area contributed by atoms with Crippen LogP contribution in [0.5, 0.6) is 5.75 Å². The molecule has 2 rings (SSSR count). The molecule has 1 amide bonds. The van der Waals surface area contributed by atoms with Crippen LogP contribution in [0.1, 0.15) is 12.8 Å². The first-order chi connectivity index (χ1) is 8.06. The summed E-state index contributed by atoms with van der Waals surface area (Å²) in [6, 6.07) is -0.0854. The Balaban J connectivity index is 1.88. The standard InChI is InChI=1S/C10H10BrFN2O3/c11-9-7(12)3-13-4-8(9)17-6-1-5(2-6)14-10(15)16/h3-6,14H,1-2H2,(H,15,16). The van der Waals surface area contributed by atoms with Crippen LogP contribution in [0, 0.1) is 5.82 Å². The minimum Gasteiger partial charge on any atom is -0.487 e. The van der Waals surface area contributed by atoms with E-state index in [1.54, 1.807) is 0 Å². The minimum absolute atomic E-state index is 0.0854. The van der Waals surface area contributed by atoms with Gasteiger partial charge in [-0.25, -0.2) is 9.18 Å². The van der Waals surface area contributed by atoms with Crippen molar-refractivity contribution in [2.75, 3.05) is 0 Å². The molecule has 0 bridgehead atoms. The van der Waals surface area contributed by atoms with E-state index in [1.807, 2.05) is 0 Å². The summed E-state index contributed by atoms with van der Waals surface area (Å²) in [5, 5.41) is 10.8. The van der Waals surface area contributed by atoms with Gasteiger partial charge in [-0.05, 0) is 15.9 Å². The molecule has 1 aliphatic rings. The van der Waals surface area contributed by atoms with Crippen LogP contribution in [0.15, 0.2) is 16.9 Å². The van der Waals surface area contributed by atoms with Crippen molar-refractivity contribution in [2.45, 2.75) is 25.0 Å². The Hall–Kier alpha value is -1.37. The third-order valence-electron chi connectivity index (χ3n) is 2.52. The van der Waals surface area contributed by atoms with Crippen molar-refractivity contribution >= 4 is 22.0 Å². The first kappa shape index (κ1) is 12.1. The number of carbonyl (C=O) groups is 1. The molecule has 1 aromatic heterocycles. The van der Waals surface area contributed by atoms with E-state index in [1.165, 1.54) is 6.20 Å². The van der Waals surface area contributed by atoms with Crippen LogP contribution >= 0.6 is 15.9 Å². The van der Waals surface area contributed by atoms with Crippen molar-refractivity contribution in [1.82, 2.24) is 10.3 Å². The molecular weight excluding hydrogens is 295 g/mol. The summed E-state index contributed by atoms with van der Waals surface area (Å²) in [5.74, 6) is -0.147. The molecule has 0 saturated heterocycles. The lowest BCUT2D eigenvalue weighted by atomic mass is 9.89. The molecule has 1 aromatic rings. The number of ether oxygens (including phenoxy) is 1. The summed E-state index contributed by atoms with van der Waals surface area (Å²) < 4.78 is 18.9. The average molecular weight is 305 g/mol. The highest BCUT2D eigenvalue weighted by atomic mass is 79.9. The third kappa shape index (κ3) is 2.85. The van der Waals surface area contributed by atoms with Gasteiger partial charge in [0.05, 0.1) is 16.9 Å². The van der Waals surface area contributed by atoms with Crippen LogP contribution in [0.3, 0.4) is 0 Å². The Morgan fingerprint density at radius 3 is 2.94 bits per heavy atom. The van der Waals surface area contributed by atoms with Gasteiger partial charge in [0.2, 0.25) is 0 Å². The number of aromatic nitrogens is 1. The molecule has 7 heteroatoms. The summed E-state index contributed by atoms with van der Waals surface area (Å²) in [6.07, 6.45) is 2.52.